The smallest absolute Gasteiger partial charge is 0.328 e. The fourth-order valence-corrected chi connectivity index (χ4v) is 4.44. The standard InChI is InChI=1S/C32H43N5O10/c1-7-27(40)36-23(29(42)34-17(3)31(44)46-5)14-19-8-10-25(38)21(12-19)22-13-20(9-11-26(22)39)15-24(37-28(41)16(2)33)30(43)35-18(4)32(45)47-6/h8-13,16-18,23-24,38-39H,7,14-15,33H2,1-6H3,(H,34,42)(H,35,43)(H,36,40)(H,37,41)/t16?,17-,18?,23?,24?/m0/s1. The number of nitrogens with two attached hydrogens (primary N) is 1. The summed E-state index contributed by atoms with van der Waals surface area (Å²) in [5.41, 5.74) is 6.97. The number of hydrogen-bond donors (Lipinski definition) is 7. The second-order valence-electron chi connectivity index (χ2n) is 10.9. The third-order valence-electron chi connectivity index (χ3n) is 7.14. The van der Waals surface area contributed by atoms with Gasteiger partial charge in [0, 0.05) is 30.4 Å². The van der Waals surface area contributed by atoms with E-state index in [9.17, 15) is 39.0 Å². The molecule has 0 saturated carbocycles. The Hall–Kier alpha value is -5.18. The molecule has 4 unspecified atom stereocenters. The van der Waals surface area contributed by atoms with E-state index < -0.39 is 65.8 Å². The van der Waals surface area contributed by atoms with Gasteiger partial charge in [-0.25, -0.2) is 9.59 Å². The van der Waals surface area contributed by atoms with Gasteiger partial charge in [0.1, 0.15) is 35.7 Å². The van der Waals surface area contributed by atoms with E-state index in [4.69, 9.17) is 5.73 Å². The first-order chi connectivity index (χ1) is 22.1. The van der Waals surface area contributed by atoms with Gasteiger partial charge in [0.2, 0.25) is 23.6 Å². The predicted molar refractivity (Wildman–Crippen MR) is 170 cm³/mol. The Kier molecular flexibility index (Phi) is 14.1. The van der Waals surface area contributed by atoms with Crippen molar-refractivity contribution in [3.05, 3.63) is 47.5 Å². The molecule has 5 atom stereocenters. The molecule has 4 amide bonds. The third kappa shape index (κ3) is 11.0. The molecule has 15 heteroatoms. The Labute approximate surface area is 272 Å². The molecule has 2 rings (SSSR count). The largest absolute Gasteiger partial charge is 0.507 e. The van der Waals surface area contributed by atoms with Gasteiger partial charge >= 0.3 is 11.9 Å². The number of amides is 4. The highest BCUT2D eigenvalue weighted by Crippen LogP contribution is 2.37. The Bertz CT molecular complexity index is 1480. The van der Waals surface area contributed by atoms with Gasteiger partial charge in [-0.2, -0.15) is 0 Å². The molecule has 0 saturated heterocycles. The lowest BCUT2D eigenvalue weighted by Crippen LogP contribution is -2.54. The highest BCUT2D eigenvalue weighted by molar-refractivity contribution is 5.92. The molecule has 0 fully saturated rings. The average Bonchev–Trinajstić information content (AvgIpc) is 3.04. The predicted octanol–water partition coefficient (Wildman–Crippen LogP) is -0.0680. The van der Waals surface area contributed by atoms with Gasteiger partial charge in [0.15, 0.2) is 0 Å². The van der Waals surface area contributed by atoms with Crippen molar-refractivity contribution in [2.45, 2.75) is 77.2 Å². The van der Waals surface area contributed by atoms with Gasteiger partial charge in [-0.1, -0.05) is 19.1 Å². The maximum absolute atomic E-state index is 13.1. The van der Waals surface area contributed by atoms with Gasteiger partial charge in [-0.3, -0.25) is 19.2 Å². The van der Waals surface area contributed by atoms with Crippen molar-refractivity contribution in [3.8, 4) is 22.6 Å². The van der Waals surface area contributed by atoms with Gasteiger partial charge in [-0.15, -0.1) is 0 Å². The highest BCUT2D eigenvalue weighted by Gasteiger charge is 2.28. The minimum absolute atomic E-state index is 0.0386. The zero-order valence-electron chi connectivity index (χ0n) is 27.2. The Morgan fingerprint density at radius 1 is 0.681 bits per heavy atom. The lowest BCUT2D eigenvalue weighted by Gasteiger charge is -2.22. The summed E-state index contributed by atoms with van der Waals surface area (Å²) in [4.78, 5) is 74.4. The van der Waals surface area contributed by atoms with Crippen molar-refractivity contribution in [3.63, 3.8) is 0 Å². The average molecular weight is 658 g/mol. The zero-order valence-corrected chi connectivity index (χ0v) is 27.2. The summed E-state index contributed by atoms with van der Waals surface area (Å²) in [7, 11) is 2.35. The minimum Gasteiger partial charge on any atom is -0.507 e. The van der Waals surface area contributed by atoms with Crippen molar-refractivity contribution in [1.82, 2.24) is 21.3 Å². The van der Waals surface area contributed by atoms with Crippen LogP contribution in [-0.4, -0.2) is 90.2 Å². The van der Waals surface area contributed by atoms with Crippen LogP contribution in [-0.2, 0) is 51.1 Å². The van der Waals surface area contributed by atoms with Crippen molar-refractivity contribution in [2.75, 3.05) is 14.2 Å². The Morgan fingerprint density at radius 2 is 1.09 bits per heavy atom. The number of ether oxygens (including phenoxy) is 2. The molecule has 2 aromatic carbocycles. The van der Waals surface area contributed by atoms with Crippen LogP contribution < -0.4 is 27.0 Å². The molecule has 0 aromatic heterocycles. The minimum atomic E-state index is -1.17. The number of nitrogens with one attached hydrogen (secondary N) is 4. The number of methoxy groups -OCH3 is 2. The summed E-state index contributed by atoms with van der Waals surface area (Å²) < 4.78 is 9.30. The molecule has 2 aromatic rings. The second kappa shape index (κ2) is 17.5. The summed E-state index contributed by atoms with van der Waals surface area (Å²) in [5, 5.41) is 31.7. The van der Waals surface area contributed by atoms with E-state index in [1.807, 2.05) is 0 Å². The Morgan fingerprint density at radius 3 is 1.45 bits per heavy atom. The van der Waals surface area contributed by atoms with E-state index in [1.165, 1.54) is 71.4 Å². The van der Waals surface area contributed by atoms with Gasteiger partial charge < -0.3 is 46.7 Å². The summed E-state index contributed by atoms with van der Waals surface area (Å²) >= 11 is 0. The van der Waals surface area contributed by atoms with Crippen molar-refractivity contribution < 1.29 is 48.5 Å². The van der Waals surface area contributed by atoms with E-state index in [-0.39, 0.29) is 41.9 Å². The molecule has 0 radical (unpaired) electrons. The molecule has 15 nitrogen and oxygen atoms in total. The maximum Gasteiger partial charge on any atom is 0.328 e. The normalized spacial score (nSPS) is 13.9. The first-order valence-electron chi connectivity index (χ1n) is 14.9. The number of carbonyl (C=O) groups is 6. The fraction of sp³-hybridized carbons (Fsp3) is 0.438. The number of phenolic OH excluding ortho intramolecular Hbond substituents is 2. The number of rotatable bonds is 15. The molecule has 8 N–H and O–H groups in total. The molecule has 0 aliphatic carbocycles. The molecule has 0 heterocycles. The maximum atomic E-state index is 13.1. The number of hydrogen-bond acceptors (Lipinski definition) is 11. The number of esters is 2. The SMILES string of the molecule is CCC(=O)NC(Cc1ccc(O)c(-c2cc(CC(NC(=O)C(C)N)C(=O)NC(C)C(=O)OC)ccc2O)c1)C(=O)N[C@@H](C)C(=O)OC. The lowest BCUT2D eigenvalue weighted by molar-refractivity contribution is -0.145. The molecule has 0 spiro atoms. The van der Waals surface area contributed by atoms with Crippen molar-refractivity contribution in [1.29, 1.82) is 0 Å². The van der Waals surface area contributed by atoms with Gasteiger partial charge in [0.25, 0.3) is 0 Å². The second-order valence-corrected chi connectivity index (χ2v) is 10.9. The number of benzene rings is 2. The molecule has 0 aliphatic heterocycles. The van der Waals surface area contributed by atoms with Crippen LogP contribution >= 0.6 is 0 Å². The van der Waals surface area contributed by atoms with Crippen LogP contribution in [0.3, 0.4) is 0 Å². The van der Waals surface area contributed by atoms with E-state index in [2.05, 4.69) is 30.7 Å². The fourth-order valence-electron chi connectivity index (χ4n) is 4.44. The number of carbonyl (C=O) groups excluding carboxylic acids is 6. The van der Waals surface area contributed by atoms with Crippen LogP contribution in [0.25, 0.3) is 11.1 Å². The third-order valence-corrected chi connectivity index (χ3v) is 7.14. The van der Waals surface area contributed by atoms with Gasteiger partial charge in [-0.05, 0) is 56.2 Å². The lowest BCUT2D eigenvalue weighted by atomic mass is 9.94. The van der Waals surface area contributed by atoms with Crippen LogP contribution in [0.5, 0.6) is 11.5 Å². The first kappa shape index (κ1) is 38.0. The topological polar surface area (TPSA) is 235 Å². The van der Waals surface area contributed by atoms with Crippen LogP contribution in [0, 0.1) is 0 Å². The highest BCUT2D eigenvalue weighted by atomic mass is 16.5. The van der Waals surface area contributed by atoms with Crippen LogP contribution in [0.4, 0.5) is 0 Å². The summed E-state index contributed by atoms with van der Waals surface area (Å²) in [6, 6.07) is 3.62. The molecular formula is C32H43N5O10. The van der Waals surface area contributed by atoms with E-state index in [1.54, 1.807) is 6.92 Å². The molecule has 47 heavy (non-hydrogen) atoms. The van der Waals surface area contributed by atoms with Crippen LogP contribution in [0.2, 0.25) is 0 Å². The van der Waals surface area contributed by atoms with Gasteiger partial charge in [0.05, 0.1) is 20.3 Å². The molecule has 0 aliphatic rings. The van der Waals surface area contributed by atoms with E-state index in [0.29, 0.717) is 11.1 Å². The monoisotopic (exact) mass is 657 g/mol. The Balaban J connectivity index is 2.44. The van der Waals surface area contributed by atoms with Crippen molar-refractivity contribution >= 4 is 35.6 Å². The molecule has 256 valence electrons. The number of phenols is 2. The molecular weight excluding hydrogens is 614 g/mol. The number of aromatic hydroxyl groups is 2. The summed E-state index contributed by atoms with van der Waals surface area (Å²) in [5.74, 6) is -4.14. The zero-order chi connectivity index (χ0) is 35.4. The summed E-state index contributed by atoms with van der Waals surface area (Å²) in [6.07, 6.45) is -0.0260. The van der Waals surface area contributed by atoms with Crippen LogP contribution in [0.1, 0.15) is 45.2 Å². The first-order valence-corrected chi connectivity index (χ1v) is 14.9. The summed E-state index contributed by atoms with van der Waals surface area (Å²) in [6.45, 7) is 5.92. The van der Waals surface area contributed by atoms with E-state index >= 15 is 0 Å². The molecule has 0 bridgehead atoms. The van der Waals surface area contributed by atoms with Crippen LogP contribution in [0.15, 0.2) is 36.4 Å². The van der Waals surface area contributed by atoms with E-state index in [0.717, 1.165) is 0 Å². The quantitative estimate of drug-likeness (QED) is 0.125. The van der Waals surface area contributed by atoms with Crippen molar-refractivity contribution in [2.24, 2.45) is 5.73 Å².